The summed E-state index contributed by atoms with van der Waals surface area (Å²) in [6.45, 7) is 3.77. The Kier molecular flexibility index (Phi) is 7.17. The van der Waals surface area contributed by atoms with Crippen LogP contribution in [-0.2, 0) is 14.3 Å². The largest absolute Gasteiger partial charge is 0.465 e. The van der Waals surface area contributed by atoms with Crippen LogP contribution in [0.3, 0.4) is 0 Å². The molecule has 0 bridgehead atoms. The fraction of sp³-hybridized carbons (Fsp3) is 0.179. The van der Waals surface area contributed by atoms with Gasteiger partial charge in [0.1, 0.15) is 0 Å². The fourth-order valence-corrected chi connectivity index (χ4v) is 4.12. The summed E-state index contributed by atoms with van der Waals surface area (Å²) in [6.07, 6.45) is 0. The SMILES string of the molecule is COC(=O)c1ccc2c(c1)NC(=O)C2=C(Nc1ccc(N(CC(C)N)C(C)=O)cc1)c1ccccc1. The van der Waals surface area contributed by atoms with E-state index >= 15 is 0 Å². The van der Waals surface area contributed by atoms with Gasteiger partial charge in [-0.1, -0.05) is 36.4 Å². The summed E-state index contributed by atoms with van der Waals surface area (Å²) in [5.41, 5.74) is 10.8. The van der Waals surface area contributed by atoms with Crippen molar-refractivity contribution in [3.05, 3.63) is 89.5 Å². The first kappa shape index (κ1) is 24.7. The summed E-state index contributed by atoms with van der Waals surface area (Å²) in [4.78, 5) is 38.8. The van der Waals surface area contributed by atoms with Crippen molar-refractivity contribution in [2.45, 2.75) is 19.9 Å². The van der Waals surface area contributed by atoms with Gasteiger partial charge in [-0.3, -0.25) is 9.59 Å². The van der Waals surface area contributed by atoms with Gasteiger partial charge in [-0.2, -0.15) is 0 Å². The molecule has 0 fully saturated rings. The van der Waals surface area contributed by atoms with E-state index in [0.29, 0.717) is 34.6 Å². The number of amides is 2. The Labute approximate surface area is 209 Å². The number of nitrogens with zero attached hydrogens (tertiary/aromatic N) is 1. The van der Waals surface area contributed by atoms with Crippen molar-refractivity contribution < 1.29 is 19.1 Å². The second-order valence-corrected chi connectivity index (χ2v) is 8.60. The van der Waals surface area contributed by atoms with Crippen molar-refractivity contribution >= 4 is 46.1 Å². The third-order valence-electron chi connectivity index (χ3n) is 5.80. The summed E-state index contributed by atoms with van der Waals surface area (Å²) >= 11 is 0. The third kappa shape index (κ3) is 5.13. The van der Waals surface area contributed by atoms with Crippen LogP contribution >= 0.6 is 0 Å². The van der Waals surface area contributed by atoms with Crippen LogP contribution in [0, 0.1) is 0 Å². The van der Waals surface area contributed by atoms with Crippen LogP contribution in [0.1, 0.15) is 35.3 Å². The van der Waals surface area contributed by atoms with E-state index in [1.807, 2.05) is 61.5 Å². The molecule has 0 radical (unpaired) electrons. The summed E-state index contributed by atoms with van der Waals surface area (Å²) in [5, 5.41) is 6.25. The summed E-state index contributed by atoms with van der Waals surface area (Å²) in [6, 6.07) is 21.7. The average Bonchev–Trinajstić information content (AvgIpc) is 3.20. The molecule has 3 aromatic carbocycles. The topological polar surface area (TPSA) is 114 Å². The molecule has 2 amide bonds. The van der Waals surface area contributed by atoms with Crippen molar-refractivity contribution in [1.82, 2.24) is 0 Å². The number of ether oxygens (including phenoxy) is 1. The normalized spacial score (nSPS) is 14.4. The molecular formula is C28H28N4O4. The molecule has 0 saturated carbocycles. The number of hydrogen-bond acceptors (Lipinski definition) is 6. The average molecular weight is 485 g/mol. The summed E-state index contributed by atoms with van der Waals surface area (Å²) in [7, 11) is 1.31. The fourth-order valence-electron chi connectivity index (χ4n) is 4.12. The maximum absolute atomic E-state index is 13.1. The van der Waals surface area contributed by atoms with Crippen LogP contribution in [0.4, 0.5) is 17.1 Å². The third-order valence-corrected chi connectivity index (χ3v) is 5.80. The minimum atomic E-state index is -0.477. The highest BCUT2D eigenvalue weighted by Crippen LogP contribution is 2.38. The number of methoxy groups -OCH3 is 1. The monoisotopic (exact) mass is 484 g/mol. The lowest BCUT2D eigenvalue weighted by Crippen LogP contribution is -2.38. The molecule has 8 heteroatoms. The zero-order valence-electron chi connectivity index (χ0n) is 20.4. The number of rotatable bonds is 7. The molecule has 4 rings (SSSR count). The van der Waals surface area contributed by atoms with Crippen LogP contribution in [0.5, 0.6) is 0 Å². The Hall–Kier alpha value is -4.43. The van der Waals surface area contributed by atoms with Gasteiger partial charge in [-0.15, -0.1) is 0 Å². The van der Waals surface area contributed by atoms with Gasteiger partial charge in [0.15, 0.2) is 0 Å². The number of nitrogens with one attached hydrogen (secondary N) is 2. The van der Waals surface area contributed by atoms with Gasteiger partial charge in [0.25, 0.3) is 5.91 Å². The smallest absolute Gasteiger partial charge is 0.337 e. The van der Waals surface area contributed by atoms with Gasteiger partial charge in [-0.25, -0.2) is 4.79 Å². The number of esters is 1. The van der Waals surface area contributed by atoms with Crippen molar-refractivity contribution in [2.75, 3.05) is 29.2 Å². The van der Waals surface area contributed by atoms with Gasteiger partial charge < -0.3 is 26.0 Å². The molecule has 1 aliphatic heterocycles. The van der Waals surface area contributed by atoms with Gasteiger partial charge >= 0.3 is 5.97 Å². The van der Waals surface area contributed by atoms with Crippen LogP contribution in [-0.4, -0.2) is 37.5 Å². The lowest BCUT2D eigenvalue weighted by atomic mass is 9.99. The molecule has 36 heavy (non-hydrogen) atoms. The van der Waals surface area contributed by atoms with Gasteiger partial charge in [0.2, 0.25) is 5.91 Å². The lowest BCUT2D eigenvalue weighted by Gasteiger charge is -2.23. The van der Waals surface area contributed by atoms with E-state index in [9.17, 15) is 14.4 Å². The summed E-state index contributed by atoms with van der Waals surface area (Å²) in [5.74, 6) is -0.852. The van der Waals surface area contributed by atoms with Crippen LogP contribution in [0.15, 0.2) is 72.8 Å². The summed E-state index contributed by atoms with van der Waals surface area (Å²) < 4.78 is 4.80. The molecule has 184 valence electrons. The molecule has 1 atom stereocenters. The molecule has 3 aromatic rings. The Morgan fingerprint density at radius 1 is 1.03 bits per heavy atom. The number of anilines is 3. The van der Waals surface area contributed by atoms with Gasteiger partial charge in [0.05, 0.1) is 29.6 Å². The molecule has 0 aromatic heterocycles. The second-order valence-electron chi connectivity index (χ2n) is 8.60. The Bertz CT molecular complexity index is 1330. The second kappa shape index (κ2) is 10.5. The number of nitrogens with two attached hydrogens (primary N) is 1. The molecule has 4 N–H and O–H groups in total. The molecule has 8 nitrogen and oxygen atoms in total. The number of carbonyl (C=O) groups is 3. The first-order valence-electron chi connectivity index (χ1n) is 11.5. The minimum Gasteiger partial charge on any atom is -0.465 e. The molecule has 1 aliphatic rings. The zero-order chi connectivity index (χ0) is 25.8. The molecule has 0 spiro atoms. The molecular weight excluding hydrogens is 456 g/mol. The van der Waals surface area contributed by atoms with Crippen molar-refractivity contribution in [1.29, 1.82) is 0 Å². The van der Waals surface area contributed by atoms with E-state index in [4.69, 9.17) is 10.5 Å². The number of hydrogen-bond donors (Lipinski definition) is 3. The number of benzene rings is 3. The minimum absolute atomic E-state index is 0.0920. The highest BCUT2D eigenvalue weighted by Gasteiger charge is 2.29. The standard InChI is InChI=1S/C28H28N4O4/c1-17(29)16-32(18(2)33)22-12-10-21(11-13-22)30-26(19-7-5-4-6-8-19)25-23-14-9-20(28(35)36-3)15-24(23)31-27(25)34/h4-15,17,30H,16,29H2,1-3H3,(H,31,34). The van der Waals surface area contributed by atoms with Gasteiger partial charge in [-0.05, 0) is 48.9 Å². The van der Waals surface area contributed by atoms with Gasteiger partial charge in [0, 0.05) is 36.4 Å². The maximum Gasteiger partial charge on any atom is 0.337 e. The molecule has 1 heterocycles. The molecule has 0 saturated heterocycles. The van der Waals surface area contributed by atoms with Crippen LogP contribution in [0.25, 0.3) is 11.3 Å². The number of fused-ring (bicyclic) bond motifs is 1. The lowest BCUT2D eigenvalue weighted by molar-refractivity contribution is -0.116. The first-order valence-corrected chi connectivity index (χ1v) is 11.5. The predicted molar refractivity (Wildman–Crippen MR) is 141 cm³/mol. The quantitative estimate of drug-likeness (QED) is 0.344. The predicted octanol–water partition coefficient (Wildman–Crippen LogP) is 4.11. The van der Waals surface area contributed by atoms with E-state index in [1.165, 1.54) is 14.0 Å². The van der Waals surface area contributed by atoms with Crippen molar-refractivity contribution in [3.8, 4) is 0 Å². The highest BCUT2D eigenvalue weighted by molar-refractivity contribution is 6.37. The molecule has 0 aliphatic carbocycles. The van der Waals surface area contributed by atoms with Crippen molar-refractivity contribution in [2.24, 2.45) is 5.73 Å². The van der Waals surface area contributed by atoms with E-state index in [1.54, 1.807) is 23.1 Å². The highest BCUT2D eigenvalue weighted by atomic mass is 16.5. The van der Waals surface area contributed by atoms with Crippen LogP contribution in [0.2, 0.25) is 0 Å². The molecule has 1 unspecified atom stereocenters. The Balaban J connectivity index is 1.75. The van der Waals surface area contributed by atoms with E-state index in [0.717, 1.165) is 16.9 Å². The maximum atomic E-state index is 13.1. The van der Waals surface area contributed by atoms with Crippen molar-refractivity contribution in [3.63, 3.8) is 0 Å². The van der Waals surface area contributed by atoms with E-state index < -0.39 is 5.97 Å². The number of carbonyl (C=O) groups excluding carboxylic acids is 3. The van der Waals surface area contributed by atoms with Crippen LogP contribution < -0.4 is 21.3 Å². The zero-order valence-corrected chi connectivity index (χ0v) is 20.4. The van der Waals surface area contributed by atoms with E-state index in [2.05, 4.69) is 10.6 Å². The first-order chi connectivity index (χ1) is 17.3. The Morgan fingerprint density at radius 3 is 2.33 bits per heavy atom. The van der Waals surface area contributed by atoms with E-state index in [-0.39, 0.29) is 17.9 Å². The Morgan fingerprint density at radius 2 is 1.72 bits per heavy atom.